The lowest BCUT2D eigenvalue weighted by Gasteiger charge is -2.37. The van der Waals surface area contributed by atoms with Crippen LogP contribution in [-0.2, 0) is 29.9 Å². The molecule has 1 aliphatic carbocycles. The van der Waals surface area contributed by atoms with Crippen LogP contribution in [0.25, 0.3) is 0 Å². The number of sulfone groups is 1. The quantitative estimate of drug-likeness (QED) is 0.433. The summed E-state index contributed by atoms with van der Waals surface area (Å²) in [7, 11) is -2.21. The second-order valence-electron chi connectivity index (χ2n) is 10.1. The molecule has 2 aliphatic rings. The summed E-state index contributed by atoms with van der Waals surface area (Å²) in [5.74, 6) is -0.747. The predicted octanol–water partition coefficient (Wildman–Crippen LogP) is 1.05. The number of amides is 2. The highest BCUT2D eigenvalue weighted by Gasteiger charge is 2.62. The van der Waals surface area contributed by atoms with Gasteiger partial charge in [-0.2, -0.15) is 5.10 Å². The third kappa shape index (κ3) is 4.42. The van der Waals surface area contributed by atoms with Gasteiger partial charge in [0.25, 0.3) is 11.8 Å². The highest BCUT2D eigenvalue weighted by Crippen LogP contribution is 2.50. The number of carbonyl (C=O) groups is 2. The van der Waals surface area contributed by atoms with E-state index in [4.69, 9.17) is 17.3 Å². The lowest BCUT2D eigenvalue weighted by molar-refractivity contribution is 0.0723. The largest absolute Gasteiger partial charge is 0.390 e. The lowest BCUT2D eigenvalue weighted by atomic mass is 10.0. The van der Waals surface area contributed by atoms with Crippen molar-refractivity contribution in [1.82, 2.24) is 20.0 Å². The molecule has 1 fully saturated rings. The van der Waals surface area contributed by atoms with Gasteiger partial charge in [-0.25, -0.2) is 8.42 Å². The zero-order chi connectivity index (χ0) is 26.5. The Morgan fingerprint density at radius 3 is 2.53 bits per heavy atom. The van der Waals surface area contributed by atoms with Crippen LogP contribution in [0.15, 0.2) is 24.3 Å². The molecule has 1 atom stereocenters. The van der Waals surface area contributed by atoms with E-state index >= 15 is 0 Å². The van der Waals surface area contributed by atoms with Gasteiger partial charge in [0.2, 0.25) is 0 Å². The van der Waals surface area contributed by atoms with Gasteiger partial charge in [-0.05, 0) is 50.8 Å². The first-order valence-electron chi connectivity index (χ1n) is 11.8. The van der Waals surface area contributed by atoms with Crippen molar-refractivity contribution in [2.24, 2.45) is 12.8 Å². The molecule has 12 heteroatoms. The number of nitrogens with one attached hydrogen (secondary N) is 1. The van der Waals surface area contributed by atoms with E-state index in [9.17, 15) is 23.1 Å². The summed E-state index contributed by atoms with van der Waals surface area (Å²) in [6.07, 6.45) is -0.00850. The Morgan fingerprint density at radius 2 is 1.94 bits per heavy atom. The first-order chi connectivity index (χ1) is 16.8. The highest BCUT2D eigenvalue weighted by molar-refractivity contribution is 7.94. The summed E-state index contributed by atoms with van der Waals surface area (Å²) in [6.45, 7) is 3.36. The van der Waals surface area contributed by atoms with Gasteiger partial charge in [-0.1, -0.05) is 23.7 Å². The van der Waals surface area contributed by atoms with Gasteiger partial charge in [-0.15, -0.1) is 0 Å². The number of benzene rings is 1. The Morgan fingerprint density at radius 1 is 1.31 bits per heavy atom. The van der Waals surface area contributed by atoms with Gasteiger partial charge in [0.05, 0.1) is 15.6 Å². The van der Waals surface area contributed by atoms with Crippen molar-refractivity contribution < 1.29 is 23.1 Å². The van der Waals surface area contributed by atoms with Crippen LogP contribution in [0.4, 0.5) is 0 Å². The maximum absolute atomic E-state index is 13.5. The van der Waals surface area contributed by atoms with E-state index in [1.807, 2.05) is 12.1 Å². The molecule has 1 unspecified atom stereocenters. The highest BCUT2D eigenvalue weighted by atomic mass is 35.5. The minimum Gasteiger partial charge on any atom is -0.390 e. The summed E-state index contributed by atoms with van der Waals surface area (Å²) >= 11 is 5.90. The Bertz CT molecular complexity index is 1280. The van der Waals surface area contributed by atoms with E-state index in [1.54, 1.807) is 19.2 Å². The fourth-order valence-electron chi connectivity index (χ4n) is 4.79. The molecule has 2 heterocycles. The van der Waals surface area contributed by atoms with Crippen LogP contribution in [0, 0.1) is 0 Å². The van der Waals surface area contributed by atoms with E-state index in [0.29, 0.717) is 29.8 Å². The monoisotopic (exact) mass is 537 g/mol. The van der Waals surface area contributed by atoms with Crippen molar-refractivity contribution in [3.05, 3.63) is 51.8 Å². The summed E-state index contributed by atoms with van der Waals surface area (Å²) in [6, 6.07) is 7.11. The molecule has 1 aliphatic heterocycles. The van der Waals surface area contributed by atoms with Crippen molar-refractivity contribution in [3.8, 4) is 0 Å². The maximum Gasteiger partial charge on any atom is 0.272 e. The molecule has 2 aromatic rings. The Labute approximate surface area is 215 Å². The van der Waals surface area contributed by atoms with Crippen LogP contribution in [0.5, 0.6) is 0 Å². The zero-order valence-corrected chi connectivity index (χ0v) is 22.2. The molecular formula is C24H32ClN5O5S. The molecule has 196 valence electrons. The van der Waals surface area contributed by atoms with Gasteiger partial charge < -0.3 is 21.1 Å². The first-order valence-corrected chi connectivity index (χ1v) is 13.7. The van der Waals surface area contributed by atoms with Gasteiger partial charge in [-0.3, -0.25) is 14.3 Å². The van der Waals surface area contributed by atoms with Crippen LogP contribution in [-0.4, -0.2) is 75.3 Å². The molecule has 0 radical (unpaired) electrons. The molecule has 1 aromatic carbocycles. The molecule has 1 aromatic heterocycles. The summed E-state index contributed by atoms with van der Waals surface area (Å²) < 4.78 is 25.8. The normalized spacial score (nSPS) is 18.1. The number of halogens is 1. The second-order valence-corrected chi connectivity index (χ2v) is 13.5. The van der Waals surface area contributed by atoms with Crippen molar-refractivity contribution in [2.45, 2.75) is 55.3 Å². The van der Waals surface area contributed by atoms with Crippen LogP contribution in [0.3, 0.4) is 0 Å². The minimum atomic E-state index is -3.81. The molecule has 4 N–H and O–H groups in total. The smallest absolute Gasteiger partial charge is 0.272 e. The summed E-state index contributed by atoms with van der Waals surface area (Å²) in [5, 5.41) is 18.0. The minimum absolute atomic E-state index is 0.0254. The van der Waals surface area contributed by atoms with Gasteiger partial charge >= 0.3 is 0 Å². The zero-order valence-electron chi connectivity index (χ0n) is 20.6. The number of carbonyl (C=O) groups excluding carboxylic acids is 2. The fourth-order valence-corrected chi connectivity index (χ4v) is 7.45. The number of nitrogens with two attached hydrogens (primary N) is 1. The Hall–Kier alpha value is -2.47. The van der Waals surface area contributed by atoms with Crippen molar-refractivity contribution in [2.75, 3.05) is 19.6 Å². The molecule has 0 saturated heterocycles. The van der Waals surface area contributed by atoms with E-state index in [0.717, 1.165) is 5.56 Å². The Balaban J connectivity index is 1.51. The SMILES string of the molecule is Cn1nc(C(=O)NCc2ccc(Cl)cc2)c2c1C(=O)N(CC1(S(=O)(=O)C(C)(C)C(O)CN)CC1)CC2. The lowest BCUT2D eigenvalue weighted by Crippen LogP contribution is -2.55. The summed E-state index contributed by atoms with van der Waals surface area (Å²) in [4.78, 5) is 27.8. The molecule has 1 saturated carbocycles. The van der Waals surface area contributed by atoms with Crippen molar-refractivity contribution >= 4 is 33.3 Å². The topological polar surface area (TPSA) is 148 Å². The number of aliphatic hydroxyl groups excluding tert-OH is 1. The van der Waals surface area contributed by atoms with Crippen LogP contribution in [0.1, 0.15) is 58.8 Å². The number of fused-ring (bicyclic) bond motifs is 1. The average Bonchev–Trinajstić information content (AvgIpc) is 3.56. The fraction of sp³-hybridized carbons (Fsp3) is 0.542. The summed E-state index contributed by atoms with van der Waals surface area (Å²) in [5.41, 5.74) is 7.46. The van der Waals surface area contributed by atoms with Gasteiger partial charge in [0.1, 0.15) is 5.69 Å². The molecular weight excluding hydrogens is 506 g/mol. The molecule has 0 spiro atoms. The maximum atomic E-state index is 13.5. The number of hydrogen-bond acceptors (Lipinski definition) is 7. The van der Waals surface area contributed by atoms with Crippen molar-refractivity contribution in [1.29, 1.82) is 0 Å². The Kier molecular flexibility index (Phi) is 6.97. The number of hydrogen-bond donors (Lipinski definition) is 3. The molecule has 4 rings (SSSR count). The van der Waals surface area contributed by atoms with Crippen LogP contribution < -0.4 is 11.1 Å². The van der Waals surface area contributed by atoms with E-state index in [2.05, 4.69) is 10.4 Å². The van der Waals surface area contributed by atoms with Crippen molar-refractivity contribution in [3.63, 3.8) is 0 Å². The van der Waals surface area contributed by atoms with Gasteiger partial charge in [0, 0.05) is 43.8 Å². The first kappa shape index (κ1) is 26.6. The average molecular weight is 538 g/mol. The number of aryl methyl sites for hydroxylation is 1. The number of rotatable bonds is 9. The van der Waals surface area contributed by atoms with E-state index in [-0.39, 0.29) is 49.4 Å². The second kappa shape index (κ2) is 9.44. The third-order valence-electron chi connectivity index (χ3n) is 7.42. The van der Waals surface area contributed by atoms with Crippen LogP contribution in [0.2, 0.25) is 5.02 Å². The van der Waals surface area contributed by atoms with Gasteiger partial charge in [0.15, 0.2) is 15.5 Å². The standard InChI is InChI=1S/C24H32ClN5O5S/c1-23(2,18(31)12-26)36(34,35)24(9-10-24)14-30-11-8-17-19(28-29(3)20(17)22(30)33)21(32)27-13-15-4-6-16(25)7-5-15/h4-7,18,31H,8-14,26H2,1-3H3,(H,27,32). The van der Waals surface area contributed by atoms with E-state index < -0.39 is 25.4 Å². The third-order valence-corrected chi connectivity index (χ3v) is 11.0. The molecule has 0 bridgehead atoms. The van der Waals surface area contributed by atoms with E-state index in [1.165, 1.54) is 23.4 Å². The molecule has 36 heavy (non-hydrogen) atoms. The number of aromatic nitrogens is 2. The molecule has 2 amide bonds. The number of nitrogens with zero attached hydrogens (tertiary/aromatic N) is 3. The molecule has 10 nitrogen and oxygen atoms in total. The predicted molar refractivity (Wildman–Crippen MR) is 135 cm³/mol. The van der Waals surface area contributed by atoms with Crippen LogP contribution >= 0.6 is 11.6 Å². The number of aliphatic hydroxyl groups is 1.